The number of hydrogen-bond donors (Lipinski definition) is 1. The van der Waals surface area contributed by atoms with Gasteiger partial charge in [0.15, 0.2) is 5.75 Å². The van der Waals surface area contributed by atoms with Crippen LogP contribution >= 0.6 is 0 Å². The van der Waals surface area contributed by atoms with Gasteiger partial charge in [-0.1, -0.05) is 6.92 Å². The van der Waals surface area contributed by atoms with E-state index in [4.69, 9.17) is 11.3 Å². The summed E-state index contributed by atoms with van der Waals surface area (Å²) in [6.45, 7) is 14.2. The largest absolute Gasteiger partial charge is 0.492 e. The first-order valence-corrected chi connectivity index (χ1v) is 10.7. The molecule has 1 unspecified atom stereocenters. The van der Waals surface area contributed by atoms with Gasteiger partial charge in [-0.25, -0.2) is 11.4 Å². The maximum Gasteiger partial charge on any atom is 0.329 e. The van der Waals surface area contributed by atoms with Crippen molar-refractivity contribution in [3.63, 3.8) is 0 Å². The first-order valence-electron chi connectivity index (χ1n) is 10.7. The molecule has 0 spiro atoms. The van der Waals surface area contributed by atoms with E-state index >= 15 is 0 Å². The summed E-state index contributed by atoms with van der Waals surface area (Å²) >= 11 is 0. The highest BCUT2D eigenvalue weighted by atomic mass is 16.5. The SMILES string of the molecule is [C-]#[N+]CCN(CC)CC1CCN(c2ccc3c(=O)[nH]c(=O)n(C4CC4)c3c2OC)C1. The summed E-state index contributed by atoms with van der Waals surface area (Å²) in [4.78, 5) is 35.5. The molecule has 1 N–H and O–H groups in total. The normalized spacial score (nSPS) is 18.9. The molecular weight excluding hydrogens is 382 g/mol. The molecule has 160 valence electrons. The lowest BCUT2D eigenvalue weighted by atomic mass is 10.1. The number of methoxy groups -OCH3 is 1. The Morgan fingerprint density at radius 1 is 1.30 bits per heavy atom. The lowest BCUT2D eigenvalue weighted by Crippen LogP contribution is -2.33. The predicted octanol–water partition coefficient (Wildman–Crippen LogP) is 2.10. The Morgan fingerprint density at radius 2 is 2.10 bits per heavy atom. The van der Waals surface area contributed by atoms with Crippen molar-refractivity contribution in [2.24, 2.45) is 5.92 Å². The van der Waals surface area contributed by atoms with Crippen LogP contribution in [0.1, 0.15) is 32.2 Å². The van der Waals surface area contributed by atoms with Gasteiger partial charge in [0.2, 0.25) is 6.54 Å². The standard InChI is InChI=1S/C22H29N5O3/c1-4-25(12-10-23-2)13-15-9-11-26(14-15)18-8-7-17-19(20(18)30-3)27(16-5-6-16)22(29)24-21(17)28/h7-8,15-16H,4-6,9-14H2,1,3H3,(H,24,28,29). The minimum atomic E-state index is -0.366. The molecule has 2 aliphatic rings. The zero-order valence-electron chi connectivity index (χ0n) is 17.7. The number of fused-ring (bicyclic) bond motifs is 1. The maximum atomic E-state index is 12.5. The van der Waals surface area contributed by atoms with Crippen LogP contribution in [-0.4, -0.2) is 60.8 Å². The number of aromatic amines is 1. The number of anilines is 1. The number of nitrogens with zero attached hydrogens (tertiary/aromatic N) is 4. The highest BCUT2D eigenvalue weighted by molar-refractivity contribution is 5.90. The monoisotopic (exact) mass is 411 g/mol. The van der Waals surface area contributed by atoms with Crippen LogP contribution in [0.4, 0.5) is 5.69 Å². The molecule has 2 aromatic rings. The molecule has 8 nitrogen and oxygen atoms in total. The molecule has 30 heavy (non-hydrogen) atoms. The van der Waals surface area contributed by atoms with E-state index in [1.54, 1.807) is 11.7 Å². The van der Waals surface area contributed by atoms with Crippen molar-refractivity contribution in [2.75, 3.05) is 51.3 Å². The molecule has 1 aromatic carbocycles. The fourth-order valence-corrected chi connectivity index (χ4v) is 4.58. The second kappa shape index (κ2) is 8.52. The molecule has 0 radical (unpaired) electrons. The van der Waals surface area contributed by atoms with Gasteiger partial charge >= 0.3 is 5.69 Å². The smallest absolute Gasteiger partial charge is 0.329 e. The minimum Gasteiger partial charge on any atom is -0.492 e. The highest BCUT2D eigenvalue weighted by Gasteiger charge is 2.31. The van der Waals surface area contributed by atoms with Crippen LogP contribution in [-0.2, 0) is 0 Å². The highest BCUT2D eigenvalue weighted by Crippen LogP contribution is 2.41. The third-order valence-electron chi connectivity index (χ3n) is 6.27. The molecule has 1 saturated heterocycles. The van der Waals surface area contributed by atoms with Gasteiger partial charge < -0.3 is 14.5 Å². The van der Waals surface area contributed by atoms with Crippen LogP contribution in [0, 0.1) is 12.5 Å². The topological polar surface area (TPSA) is 74.9 Å². The van der Waals surface area contributed by atoms with Crippen molar-refractivity contribution in [1.82, 2.24) is 14.5 Å². The Labute approximate surface area is 175 Å². The Balaban J connectivity index is 1.65. The molecule has 2 heterocycles. The average Bonchev–Trinajstić information content (AvgIpc) is 3.47. The quantitative estimate of drug-likeness (QED) is 0.674. The number of hydrogen-bond acceptors (Lipinski definition) is 5. The van der Waals surface area contributed by atoms with Crippen molar-refractivity contribution in [3.8, 4) is 5.75 Å². The Morgan fingerprint density at radius 3 is 2.77 bits per heavy atom. The van der Waals surface area contributed by atoms with E-state index in [0.29, 0.717) is 29.1 Å². The summed E-state index contributed by atoms with van der Waals surface area (Å²) < 4.78 is 7.50. The van der Waals surface area contributed by atoms with Crippen LogP contribution in [0.2, 0.25) is 0 Å². The summed E-state index contributed by atoms with van der Waals surface area (Å²) in [5.41, 5.74) is 0.829. The fraction of sp³-hybridized carbons (Fsp3) is 0.591. The number of nitrogens with one attached hydrogen (secondary N) is 1. The van der Waals surface area contributed by atoms with Gasteiger partial charge in [-0.05, 0) is 43.9 Å². The molecule has 8 heteroatoms. The number of aromatic nitrogens is 2. The summed E-state index contributed by atoms with van der Waals surface area (Å²) in [5.74, 6) is 1.13. The zero-order chi connectivity index (χ0) is 21.3. The predicted molar refractivity (Wildman–Crippen MR) is 118 cm³/mol. The van der Waals surface area contributed by atoms with E-state index < -0.39 is 0 Å². The van der Waals surface area contributed by atoms with E-state index in [1.165, 1.54) is 0 Å². The average molecular weight is 412 g/mol. The number of rotatable bonds is 8. The maximum absolute atomic E-state index is 12.5. The first kappa shape index (κ1) is 20.5. The molecule has 1 aliphatic heterocycles. The second-order valence-corrected chi connectivity index (χ2v) is 8.25. The van der Waals surface area contributed by atoms with Gasteiger partial charge in [-0.3, -0.25) is 19.2 Å². The number of likely N-dealkylation sites (N-methyl/N-ethyl adjacent to an activating group) is 1. The van der Waals surface area contributed by atoms with Gasteiger partial charge in [0.05, 0.1) is 24.7 Å². The van der Waals surface area contributed by atoms with E-state index in [-0.39, 0.29) is 17.3 Å². The lowest BCUT2D eigenvalue weighted by molar-refractivity contribution is 0.259. The zero-order valence-corrected chi connectivity index (χ0v) is 17.7. The van der Waals surface area contributed by atoms with Gasteiger partial charge in [0.1, 0.15) is 5.52 Å². The Kier molecular flexibility index (Phi) is 5.82. The fourth-order valence-electron chi connectivity index (χ4n) is 4.58. The van der Waals surface area contributed by atoms with Crippen molar-refractivity contribution in [2.45, 2.75) is 32.2 Å². The summed E-state index contributed by atoms with van der Waals surface area (Å²) in [6, 6.07) is 3.89. The number of H-pyrrole nitrogens is 1. The minimum absolute atomic E-state index is 0.132. The molecular formula is C22H29N5O3. The molecule has 1 saturated carbocycles. The third-order valence-corrected chi connectivity index (χ3v) is 6.27. The van der Waals surface area contributed by atoms with Gasteiger partial charge in [0, 0.05) is 25.7 Å². The van der Waals surface area contributed by atoms with Gasteiger partial charge in [-0.15, -0.1) is 0 Å². The molecule has 0 bridgehead atoms. The lowest BCUT2D eigenvalue weighted by Gasteiger charge is -2.25. The van der Waals surface area contributed by atoms with Crippen LogP contribution in [0.15, 0.2) is 21.7 Å². The van der Waals surface area contributed by atoms with Crippen molar-refractivity contribution in [1.29, 1.82) is 0 Å². The third kappa shape index (κ3) is 3.82. The first-order chi connectivity index (χ1) is 14.6. The molecule has 2 fully saturated rings. The summed E-state index contributed by atoms with van der Waals surface area (Å²) in [5, 5.41) is 0.495. The summed E-state index contributed by atoms with van der Waals surface area (Å²) in [6.07, 6.45) is 2.95. The van der Waals surface area contributed by atoms with E-state index in [2.05, 4.69) is 26.6 Å². The van der Waals surface area contributed by atoms with E-state index in [1.807, 2.05) is 12.1 Å². The molecule has 4 rings (SSSR count). The van der Waals surface area contributed by atoms with Crippen LogP contribution in [0.3, 0.4) is 0 Å². The Bertz CT molecular complexity index is 1080. The number of ether oxygens (including phenoxy) is 1. The number of benzene rings is 1. The van der Waals surface area contributed by atoms with Gasteiger partial charge in [-0.2, -0.15) is 0 Å². The van der Waals surface area contributed by atoms with E-state index in [0.717, 1.165) is 57.7 Å². The van der Waals surface area contributed by atoms with Crippen molar-refractivity contribution < 1.29 is 4.74 Å². The van der Waals surface area contributed by atoms with E-state index in [9.17, 15) is 9.59 Å². The molecule has 0 amide bonds. The Hall–Kier alpha value is -2.79. The van der Waals surface area contributed by atoms with Crippen LogP contribution < -0.4 is 20.9 Å². The second-order valence-electron chi connectivity index (χ2n) is 8.25. The van der Waals surface area contributed by atoms with Crippen molar-refractivity contribution >= 4 is 16.6 Å². The molecule has 1 aliphatic carbocycles. The van der Waals surface area contributed by atoms with Gasteiger partial charge in [0.25, 0.3) is 5.56 Å². The van der Waals surface area contributed by atoms with Crippen molar-refractivity contribution in [3.05, 3.63) is 44.4 Å². The summed E-state index contributed by atoms with van der Waals surface area (Å²) in [7, 11) is 1.61. The van der Waals surface area contributed by atoms with Crippen LogP contribution in [0.25, 0.3) is 15.7 Å². The molecule has 1 aromatic heterocycles. The molecule has 1 atom stereocenters. The van der Waals surface area contributed by atoms with Crippen LogP contribution in [0.5, 0.6) is 5.75 Å².